The summed E-state index contributed by atoms with van der Waals surface area (Å²) in [4.78, 5) is 22.8. The van der Waals surface area contributed by atoms with E-state index in [0.717, 1.165) is 25.7 Å². The van der Waals surface area contributed by atoms with Gasteiger partial charge in [-0.15, -0.1) is 0 Å². The van der Waals surface area contributed by atoms with E-state index in [1.807, 2.05) is 0 Å². The van der Waals surface area contributed by atoms with E-state index in [0.29, 0.717) is 0 Å². The lowest BCUT2D eigenvalue weighted by Crippen LogP contribution is -2.46. The Kier molecular flexibility index (Phi) is 5.34. The molecule has 1 amide bonds. The van der Waals surface area contributed by atoms with Crippen LogP contribution < -0.4 is 5.32 Å². The number of rotatable bonds is 6. The summed E-state index contributed by atoms with van der Waals surface area (Å²) in [6, 6.07) is 0.0232. The Labute approximate surface area is 113 Å². The van der Waals surface area contributed by atoms with Gasteiger partial charge in [0.1, 0.15) is 5.25 Å². The maximum atomic E-state index is 12.1. The second kappa shape index (κ2) is 6.36. The van der Waals surface area contributed by atoms with Crippen LogP contribution in [-0.2, 0) is 19.4 Å². The quantitative estimate of drug-likeness (QED) is 0.750. The van der Waals surface area contributed by atoms with Crippen molar-refractivity contribution >= 4 is 21.7 Å². The fourth-order valence-electron chi connectivity index (χ4n) is 2.33. The van der Waals surface area contributed by atoms with Gasteiger partial charge >= 0.3 is 5.97 Å². The molecule has 6 nitrogen and oxygen atoms in total. The molecule has 0 aromatic heterocycles. The Morgan fingerprint density at radius 1 is 1.32 bits per heavy atom. The Morgan fingerprint density at radius 3 is 2.26 bits per heavy atom. The minimum absolute atomic E-state index is 0.0232. The van der Waals surface area contributed by atoms with Gasteiger partial charge in [-0.25, -0.2) is 8.42 Å². The highest BCUT2D eigenvalue weighted by Gasteiger charge is 2.39. The molecule has 0 heterocycles. The summed E-state index contributed by atoms with van der Waals surface area (Å²) in [6.07, 6.45) is 3.72. The van der Waals surface area contributed by atoms with Gasteiger partial charge in [0.05, 0.1) is 0 Å². The van der Waals surface area contributed by atoms with Crippen LogP contribution >= 0.6 is 0 Å². The Bertz CT molecular complexity index is 439. The number of carboxylic acid groups (broad SMARTS) is 1. The van der Waals surface area contributed by atoms with Crippen molar-refractivity contribution < 1.29 is 23.1 Å². The molecule has 2 N–H and O–H groups in total. The van der Waals surface area contributed by atoms with E-state index in [2.05, 4.69) is 5.32 Å². The molecule has 1 fully saturated rings. The predicted molar refractivity (Wildman–Crippen MR) is 70.5 cm³/mol. The van der Waals surface area contributed by atoms with Gasteiger partial charge in [0, 0.05) is 6.04 Å². The second-order valence-corrected chi connectivity index (χ2v) is 7.41. The lowest BCUT2D eigenvalue weighted by Gasteiger charge is -2.19. The van der Waals surface area contributed by atoms with E-state index < -0.39 is 32.2 Å². The van der Waals surface area contributed by atoms with Gasteiger partial charge in [-0.05, 0) is 26.2 Å². The standard InChI is InChI=1S/C12H21NO5S/c1-3-10(12(15)16)19(17,18)8(2)11(14)13-9-6-4-5-7-9/h8-10H,3-7H2,1-2H3,(H,13,14)(H,15,16). The van der Waals surface area contributed by atoms with E-state index >= 15 is 0 Å². The van der Waals surface area contributed by atoms with Gasteiger partial charge < -0.3 is 10.4 Å². The number of hydrogen-bond donors (Lipinski definition) is 2. The first-order chi connectivity index (χ1) is 8.80. The van der Waals surface area contributed by atoms with Crippen LogP contribution in [0.2, 0.25) is 0 Å². The summed E-state index contributed by atoms with van der Waals surface area (Å²) in [5.41, 5.74) is 0. The zero-order chi connectivity index (χ0) is 14.6. The predicted octanol–water partition coefficient (Wildman–Crippen LogP) is 0.712. The lowest BCUT2D eigenvalue weighted by atomic mass is 10.2. The summed E-state index contributed by atoms with van der Waals surface area (Å²) in [5, 5.41) is 8.76. The number of amides is 1. The van der Waals surface area contributed by atoms with Gasteiger partial charge in [-0.3, -0.25) is 9.59 Å². The molecule has 2 unspecified atom stereocenters. The number of hydrogen-bond acceptors (Lipinski definition) is 4. The largest absolute Gasteiger partial charge is 0.480 e. The number of carbonyl (C=O) groups is 2. The fraction of sp³-hybridized carbons (Fsp3) is 0.833. The molecule has 0 aliphatic heterocycles. The van der Waals surface area contributed by atoms with Crippen molar-refractivity contribution in [1.29, 1.82) is 0 Å². The average molecular weight is 291 g/mol. The van der Waals surface area contributed by atoms with E-state index in [-0.39, 0.29) is 12.5 Å². The first kappa shape index (κ1) is 15.9. The van der Waals surface area contributed by atoms with Crippen molar-refractivity contribution in [2.45, 2.75) is 62.5 Å². The highest BCUT2D eigenvalue weighted by Crippen LogP contribution is 2.19. The third kappa shape index (κ3) is 3.68. The molecule has 1 saturated carbocycles. The molecule has 0 spiro atoms. The third-order valence-electron chi connectivity index (χ3n) is 3.61. The number of sulfone groups is 1. The summed E-state index contributed by atoms with van der Waals surface area (Å²) in [5.74, 6) is -1.99. The highest BCUT2D eigenvalue weighted by molar-refractivity contribution is 7.94. The number of carboxylic acids is 1. The summed E-state index contributed by atoms with van der Waals surface area (Å²) in [6.45, 7) is 2.74. The minimum Gasteiger partial charge on any atom is -0.480 e. The molecule has 0 aromatic rings. The highest BCUT2D eigenvalue weighted by atomic mass is 32.2. The monoisotopic (exact) mass is 291 g/mol. The average Bonchev–Trinajstić information content (AvgIpc) is 2.80. The zero-order valence-electron chi connectivity index (χ0n) is 11.3. The molecule has 2 atom stereocenters. The number of aliphatic carboxylic acids is 1. The van der Waals surface area contributed by atoms with Crippen LogP contribution in [0.25, 0.3) is 0 Å². The van der Waals surface area contributed by atoms with Crippen LogP contribution in [-0.4, -0.2) is 41.9 Å². The fourth-order valence-corrected chi connectivity index (χ4v) is 3.94. The molecule has 7 heteroatoms. The van der Waals surface area contributed by atoms with Crippen molar-refractivity contribution in [3.8, 4) is 0 Å². The summed E-state index contributed by atoms with van der Waals surface area (Å²) >= 11 is 0. The number of carbonyl (C=O) groups excluding carboxylic acids is 1. The maximum Gasteiger partial charge on any atom is 0.321 e. The molecule has 0 aromatic carbocycles. The Balaban J connectivity index is 2.76. The minimum atomic E-state index is -4.00. The molecule has 19 heavy (non-hydrogen) atoms. The van der Waals surface area contributed by atoms with Gasteiger partial charge in [0.15, 0.2) is 15.1 Å². The molecule has 1 aliphatic rings. The number of nitrogens with one attached hydrogen (secondary N) is 1. The third-order valence-corrected chi connectivity index (χ3v) is 6.13. The molecule has 0 bridgehead atoms. The van der Waals surface area contributed by atoms with Gasteiger partial charge in [-0.1, -0.05) is 19.8 Å². The van der Waals surface area contributed by atoms with Crippen LogP contribution in [0.1, 0.15) is 46.0 Å². The molecule has 110 valence electrons. The first-order valence-electron chi connectivity index (χ1n) is 6.56. The van der Waals surface area contributed by atoms with Crippen LogP contribution in [0.5, 0.6) is 0 Å². The molecular weight excluding hydrogens is 270 g/mol. The molecular formula is C12H21NO5S. The second-order valence-electron chi connectivity index (χ2n) is 4.96. The van der Waals surface area contributed by atoms with Crippen LogP contribution in [0.4, 0.5) is 0 Å². The molecule has 0 saturated heterocycles. The molecule has 0 radical (unpaired) electrons. The van der Waals surface area contributed by atoms with Crippen molar-refractivity contribution in [3.05, 3.63) is 0 Å². The van der Waals surface area contributed by atoms with Gasteiger partial charge in [-0.2, -0.15) is 0 Å². The van der Waals surface area contributed by atoms with Crippen molar-refractivity contribution in [3.63, 3.8) is 0 Å². The van der Waals surface area contributed by atoms with Crippen LogP contribution in [0, 0.1) is 0 Å². The summed E-state index contributed by atoms with van der Waals surface area (Å²) < 4.78 is 24.2. The molecule has 1 rings (SSSR count). The first-order valence-corrected chi connectivity index (χ1v) is 8.17. The maximum absolute atomic E-state index is 12.1. The van der Waals surface area contributed by atoms with Crippen LogP contribution in [0.15, 0.2) is 0 Å². The van der Waals surface area contributed by atoms with Crippen molar-refractivity contribution in [2.75, 3.05) is 0 Å². The Hall–Kier alpha value is -1.11. The van der Waals surface area contributed by atoms with Gasteiger partial charge in [0.25, 0.3) is 0 Å². The van der Waals surface area contributed by atoms with E-state index in [4.69, 9.17) is 5.11 Å². The molecule has 1 aliphatic carbocycles. The van der Waals surface area contributed by atoms with E-state index in [1.54, 1.807) is 0 Å². The normalized spacial score (nSPS) is 19.9. The Morgan fingerprint density at radius 2 is 1.84 bits per heavy atom. The summed E-state index contributed by atoms with van der Waals surface area (Å²) in [7, 11) is -4.00. The lowest BCUT2D eigenvalue weighted by molar-refractivity contribution is -0.136. The smallest absolute Gasteiger partial charge is 0.321 e. The van der Waals surface area contributed by atoms with E-state index in [9.17, 15) is 18.0 Å². The van der Waals surface area contributed by atoms with Crippen LogP contribution in [0.3, 0.4) is 0 Å². The van der Waals surface area contributed by atoms with E-state index in [1.165, 1.54) is 13.8 Å². The van der Waals surface area contributed by atoms with Gasteiger partial charge in [0.2, 0.25) is 5.91 Å². The van der Waals surface area contributed by atoms with Crippen molar-refractivity contribution in [1.82, 2.24) is 5.32 Å². The zero-order valence-corrected chi connectivity index (χ0v) is 12.1. The van der Waals surface area contributed by atoms with Crippen molar-refractivity contribution in [2.24, 2.45) is 0 Å². The topological polar surface area (TPSA) is 101 Å². The SMILES string of the molecule is CCC(C(=O)O)S(=O)(=O)C(C)C(=O)NC1CCCC1.